The first-order chi connectivity index (χ1) is 14.4. The normalized spacial score (nSPS) is 39.8. The van der Waals surface area contributed by atoms with Crippen LogP contribution < -0.4 is 4.74 Å². The zero-order valence-electron chi connectivity index (χ0n) is 17.3. The molecule has 1 unspecified atom stereocenters. The number of ketones is 1. The molecule has 1 spiro atoms. The van der Waals surface area contributed by atoms with Crippen molar-refractivity contribution in [3.63, 3.8) is 0 Å². The summed E-state index contributed by atoms with van der Waals surface area (Å²) in [6.45, 7) is 2.09. The summed E-state index contributed by atoms with van der Waals surface area (Å²) in [7, 11) is -2.61. The van der Waals surface area contributed by atoms with Gasteiger partial charge in [-0.25, -0.2) is 8.42 Å². The topological polar surface area (TPSA) is 144 Å². The molecule has 9 nitrogen and oxygen atoms in total. The molecule has 2 bridgehead atoms. The molecule has 3 aliphatic carbocycles. The van der Waals surface area contributed by atoms with Gasteiger partial charge in [-0.05, 0) is 30.9 Å². The molecular formula is C21H27NO8S. The maximum absolute atomic E-state index is 12.8. The minimum atomic E-state index is -4.92. The first kappa shape index (κ1) is 21.1. The van der Waals surface area contributed by atoms with E-state index in [-0.39, 0.29) is 17.6 Å². The molecule has 0 aromatic heterocycles. The molecule has 2 aliphatic heterocycles. The zero-order chi connectivity index (χ0) is 22.4. The van der Waals surface area contributed by atoms with Crippen molar-refractivity contribution in [2.24, 2.45) is 5.92 Å². The van der Waals surface area contributed by atoms with E-state index in [4.69, 9.17) is 22.3 Å². The van der Waals surface area contributed by atoms with Gasteiger partial charge in [0.1, 0.15) is 11.6 Å². The van der Waals surface area contributed by atoms with Gasteiger partial charge in [0, 0.05) is 30.7 Å². The van der Waals surface area contributed by atoms with Crippen LogP contribution in [0.1, 0.15) is 43.2 Å². The lowest BCUT2D eigenvalue weighted by Crippen LogP contribution is -2.80. The second-order valence-electron chi connectivity index (χ2n) is 10.0. The van der Waals surface area contributed by atoms with E-state index < -0.39 is 27.5 Å². The number of ether oxygens (including phenoxy) is 1. The third-order valence-electron chi connectivity index (χ3n) is 8.28. The number of aromatic hydroxyl groups is 1. The Balaban J connectivity index is 0.000000371. The summed E-state index contributed by atoms with van der Waals surface area (Å²) in [5, 5.41) is 22.5. The quantitative estimate of drug-likeness (QED) is 0.337. The van der Waals surface area contributed by atoms with Gasteiger partial charge in [-0.15, -0.1) is 0 Å². The SMILES string of the molecule is C[N+]1(CC2CC2)CC[C@]23c4c5ccc(O)c4O[C@H]2C(=O)CC[C@@]3(O)[C@H]1C5.O=S(=O)([O-])O. The number of likely N-dealkylation sites (tertiary alicyclic amines) is 1. The molecule has 170 valence electrons. The Labute approximate surface area is 180 Å². The van der Waals surface area contributed by atoms with Gasteiger partial charge in [-0.2, -0.15) is 0 Å². The van der Waals surface area contributed by atoms with Gasteiger partial charge < -0.3 is 24.0 Å². The lowest BCUT2D eigenvalue weighted by molar-refractivity contribution is -0.950. The molecular weight excluding hydrogens is 426 g/mol. The van der Waals surface area contributed by atoms with Crippen molar-refractivity contribution < 1.29 is 41.8 Å². The molecule has 3 N–H and O–H groups in total. The fourth-order valence-corrected chi connectivity index (χ4v) is 6.94. The Bertz CT molecular complexity index is 1060. The number of aliphatic hydroxyl groups is 1. The van der Waals surface area contributed by atoms with Gasteiger partial charge in [0.25, 0.3) is 0 Å². The number of likely N-dealkylation sites (N-methyl/N-ethyl adjacent to an activating group) is 1. The highest BCUT2D eigenvalue weighted by Crippen LogP contribution is 2.65. The Morgan fingerprint density at radius 1 is 1.29 bits per heavy atom. The van der Waals surface area contributed by atoms with Crippen LogP contribution in [0.2, 0.25) is 0 Å². The maximum Gasteiger partial charge on any atom is 0.215 e. The molecule has 0 radical (unpaired) electrons. The van der Waals surface area contributed by atoms with Crippen LogP contribution in [0.25, 0.3) is 0 Å². The van der Waals surface area contributed by atoms with Gasteiger partial charge in [0.2, 0.25) is 10.4 Å². The number of quaternary nitrogens is 1. The van der Waals surface area contributed by atoms with Gasteiger partial charge >= 0.3 is 0 Å². The van der Waals surface area contributed by atoms with E-state index in [0.717, 1.165) is 47.5 Å². The number of carbonyl (C=O) groups excluding carboxylic acids is 1. The van der Waals surface area contributed by atoms with Crippen LogP contribution in [0.15, 0.2) is 12.1 Å². The van der Waals surface area contributed by atoms with E-state index in [1.165, 1.54) is 12.8 Å². The van der Waals surface area contributed by atoms with Crippen LogP contribution >= 0.6 is 0 Å². The van der Waals surface area contributed by atoms with Crippen LogP contribution in [0, 0.1) is 5.92 Å². The molecule has 3 fully saturated rings. The fourth-order valence-electron chi connectivity index (χ4n) is 6.94. The van der Waals surface area contributed by atoms with Crippen LogP contribution in [0.5, 0.6) is 11.5 Å². The average Bonchev–Trinajstić information content (AvgIpc) is 3.38. The van der Waals surface area contributed by atoms with Gasteiger partial charge in [-0.3, -0.25) is 9.35 Å². The van der Waals surface area contributed by atoms with E-state index in [2.05, 4.69) is 7.05 Å². The smallest absolute Gasteiger partial charge is 0.215 e. The van der Waals surface area contributed by atoms with Gasteiger partial charge in [0.05, 0.1) is 25.6 Å². The molecule has 2 saturated carbocycles. The number of benzene rings is 1. The number of hydrogen-bond acceptors (Lipinski definition) is 7. The highest BCUT2D eigenvalue weighted by Gasteiger charge is 2.76. The summed E-state index contributed by atoms with van der Waals surface area (Å²) >= 11 is 0. The third kappa shape index (κ3) is 2.96. The lowest BCUT2D eigenvalue weighted by Gasteiger charge is -2.64. The average molecular weight is 454 g/mol. The lowest BCUT2D eigenvalue weighted by atomic mass is 9.48. The van der Waals surface area contributed by atoms with E-state index in [1.807, 2.05) is 6.07 Å². The molecule has 1 aromatic carbocycles. The Kier molecular flexibility index (Phi) is 4.37. The van der Waals surface area contributed by atoms with Crippen molar-refractivity contribution in [2.45, 2.75) is 61.7 Å². The predicted molar refractivity (Wildman–Crippen MR) is 106 cm³/mol. The second kappa shape index (κ2) is 6.41. The molecule has 5 aliphatic rings. The third-order valence-corrected chi connectivity index (χ3v) is 8.28. The summed E-state index contributed by atoms with van der Waals surface area (Å²) in [5.41, 5.74) is 0.492. The van der Waals surface area contributed by atoms with E-state index >= 15 is 0 Å². The zero-order valence-corrected chi connectivity index (χ0v) is 18.1. The van der Waals surface area contributed by atoms with Crippen molar-refractivity contribution >= 4 is 16.2 Å². The second-order valence-corrected chi connectivity index (χ2v) is 10.9. The summed E-state index contributed by atoms with van der Waals surface area (Å²) in [5.74, 6) is 1.42. The Hall–Kier alpha value is -1.72. The van der Waals surface area contributed by atoms with E-state index in [0.29, 0.717) is 18.6 Å². The van der Waals surface area contributed by atoms with Crippen LogP contribution in [0.3, 0.4) is 0 Å². The van der Waals surface area contributed by atoms with Crippen molar-refractivity contribution in [3.05, 3.63) is 23.3 Å². The number of rotatable bonds is 2. The van der Waals surface area contributed by atoms with Crippen LogP contribution in [0.4, 0.5) is 0 Å². The number of nitrogens with zero attached hydrogens (tertiary/aromatic N) is 1. The molecule has 0 amide bonds. The highest BCUT2D eigenvalue weighted by atomic mass is 32.3. The highest BCUT2D eigenvalue weighted by molar-refractivity contribution is 7.79. The summed E-state index contributed by atoms with van der Waals surface area (Å²) in [6.07, 6.45) is 4.42. The molecule has 6 rings (SSSR count). The van der Waals surface area contributed by atoms with Gasteiger partial charge in [-0.1, -0.05) is 6.07 Å². The number of phenols is 1. The largest absolute Gasteiger partial charge is 0.726 e. The van der Waals surface area contributed by atoms with Crippen molar-refractivity contribution in [1.29, 1.82) is 0 Å². The van der Waals surface area contributed by atoms with E-state index in [9.17, 15) is 15.0 Å². The minimum Gasteiger partial charge on any atom is -0.726 e. The summed E-state index contributed by atoms with van der Waals surface area (Å²) in [6, 6.07) is 3.77. The first-order valence-corrected chi connectivity index (χ1v) is 12.1. The summed E-state index contributed by atoms with van der Waals surface area (Å²) in [4.78, 5) is 12.8. The Morgan fingerprint density at radius 3 is 2.61 bits per heavy atom. The van der Waals surface area contributed by atoms with Crippen LogP contribution in [-0.2, 0) is 27.0 Å². The molecule has 31 heavy (non-hydrogen) atoms. The van der Waals surface area contributed by atoms with Gasteiger partial charge in [0.15, 0.2) is 23.4 Å². The molecule has 2 heterocycles. The number of piperidine rings is 1. The monoisotopic (exact) mass is 453 g/mol. The minimum absolute atomic E-state index is 0.0789. The summed E-state index contributed by atoms with van der Waals surface area (Å²) < 4.78 is 39.8. The molecule has 5 atom stereocenters. The fraction of sp³-hybridized carbons (Fsp3) is 0.667. The van der Waals surface area contributed by atoms with Crippen molar-refractivity contribution in [2.75, 3.05) is 20.1 Å². The predicted octanol–water partition coefficient (Wildman–Crippen LogP) is 0.675. The standard InChI is InChI=1S/C21H25NO4.H2O4S/c1-22(11-12-2-3-12)9-8-20-17-13-4-5-14(23)18(17)26-19(20)15(24)6-7-21(20,25)16(22)10-13;1-5(2,3)4/h4-5,12,16,19,25H,2-3,6-11H2,1H3;(H2,1,2,3,4)/t16-,19+,20+,21-,22?;/m1./s1. The number of hydrogen-bond donors (Lipinski definition) is 3. The van der Waals surface area contributed by atoms with Crippen molar-refractivity contribution in [3.8, 4) is 11.5 Å². The molecule has 1 aromatic rings. The van der Waals surface area contributed by atoms with Crippen LogP contribution in [-0.4, -0.2) is 75.9 Å². The first-order valence-electron chi connectivity index (χ1n) is 10.7. The maximum atomic E-state index is 12.8. The molecule has 10 heteroatoms. The van der Waals surface area contributed by atoms with E-state index in [1.54, 1.807) is 6.07 Å². The number of Topliss-reactive ketones (excluding diaryl/α,β-unsaturated/α-hetero) is 1. The van der Waals surface area contributed by atoms with Crippen molar-refractivity contribution in [1.82, 2.24) is 0 Å². The number of phenolic OH excluding ortho intramolecular Hbond substituents is 1. The Morgan fingerprint density at radius 2 is 1.97 bits per heavy atom. The number of carbonyl (C=O) groups is 1. The molecule has 1 saturated heterocycles.